The smallest absolute Gasteiger partial charge is 0.347 e. The number of benzene rings is 2. The molecule has 0 spiro atoms. The van der Waals surface area contributed by atoms with Crippen molar-refractivity contribution in [2.45, 2.75) is 37.9 Å². The molecular weight excluding hydrogens is 714 g/mol. The van der Waals surface area contributed by atoms with E-state index in [4.69, 9.17) is 19.3 Å². The monoisotopic (exact) mass is 745 g/mol. The van der Waals surface area contributed by atoms with Crippen molar-refractivity contribution in [3.63, 3.8) is 0 Å². The molecular formula is C35H32BrN5O9. The van der Waals surface area contributed by atoms with E-state index in [0.29, 0.717) is 45.0 Å². The average molecular weight is 747 g/mol. The fourth-order valence-corrected chi connectivity index (χ4v) is 7.55. The van der Waals surface area contributed by atoms with E-state index in [0.717, 1.165) is 4.57 Å². The van der Waals surface area contributed by atoms with Crippen molar-refractivity contribution in [1.29, 1.82) is 0 Å². The van der Waals surface area contributed by atoms with E-state index in [9.17, 15) is 24.0 Å². The lowest BCUT2D eigenvalue weighted by molar-refractivity contribution is -0.115. The van der Waals surface area contributed by atoms with E-state index >= 15 is 0 Å². The highest BCUT2D eigenvalue weighted by atomic mass is 79.9. The van der Waals surface area contributed by atoms with Gasteiger partial charge in [-0.1, -0.05) is 18.2 Å². The summed E-state index contributed by atoms with van der Waals surface area (Å²) in [6.45, 7) is -0.0947. The predicted octanol–water partition coefficient (Wildman–Crippen LogP) is 2.09. The third kappa shape index (κ3) is 5.28. The Morgan fingerprint density at radius 2 is 1.72 bits per heavy atom. The van der Waals surface area contributed by atoms with Crippen LogP contribution in [0.5, 0.6) is 17.2 Å². The van der Waals surface area contributed by atoms with E-state index in [1.165, 1.54) is 34.2 Å². The maximum absolute atomic E-state index is 14.1. The number of aromatic nitrogens is 5. The van der Waals surface area contributed by atoms with Gasteiger partial charge in [-0.3, -0.25) is 14.4 Å². The summed E-state index contributed by atoms with van der Waals surface area (Å²) in [7, 11) is 4.60. The fraction of sp³-hybridized carbons (Fsp3) is 0.314. The molecule has 0 fully saturated rings. The van der Waals surface area contributed by atoms with E-state index in [1.54, 1.807) is 43.4 Å². The van der Waals surface area contributed by atoms with Gasteiger partial charge in [-0.15, -0.1) is 0 Å². The summed E-state index contributed by atoms with van der Waals surface area (Å²) in [5, 5.41) is 9.13. The van der Waals surface area contributed by atoms with Gasteiger partial charge in [0.05, 0.1) is 48.9 Å². The molecule has 2 aliphatic carbocycles. The molecule has 2 atom stereocenters. The predicted molar refractivity (Wildman–Crippen MR) is 184 cm³/mol. The first-order valence-electron chi connectivity index (χ1n) is 15.8. The Balaban J connectivity index is 1.27. The zero-order valence-corrected chi connectivity index (χ0v) is 28.9. The quantitative estimate of drug-likeness (QED) is 0.198. The fourth-order valence-electron chi connectivity index (χ4n) is 7.11. The van der Waals surface area contributed by atoms with Crippen molar-refractivity contribution in [1.82, 2.24) is 23.5 Å². The first kappa shape index (κ1) is 33.2. The van der Waals surface area contributed by atoms with Gasteiger partial charge in [-0.05, 0) is 39.2 Å². The van der Waals surface area contributed by atoms with Gasteiger partial charge in [0.15, 0.2) is 23.1 Å². The van der Waals surface area contributed by atoms with Gasteiger partial charge in [0.25, 0.3) is 5.56 Å². The Morgan fingerprint density at radius 3 is 2.42 bits per heavy atom. The number of aliphatic hydroxyl groups excluding tert-OH is 1. The number of rotatable bonds is 9. The molecule has 0 radical (unpaired) electrons. The van der Waals surface area contributed by atoms with E-state index in [2.05, 4.69) is 20.9 Å². The molecule has 0 saturated carbocycles. The van der Waals surface area contributed by atoms with Crippen LogP contribution in [0.2, 0.25) is 0 Å². The Morgan fingerprint density at radius 1 is 1.00 bits per heavy atom. The summed E-state index contributed by atoms with van der Waals surface area (Å²) in [6.07, 6.45) is 3.14. The average Bonchev–Trinajstić information content (AvgIpc) is 3.37. The molecule has 14 nitrogen and oxygen atoms in total. The second kappa shape index (κ2) is 12.9. The number of allylic oxidation sites excluding steroid dienone is 6. The van der Waals surface area contributed by atoms with Gasteiger partial charge in [0.1, 0.15) is 18.1 Å². The molecule has 0 amide bonds. The number of ether oxygens (including phenoxy) is 3. The number of halogens is 1. The molecule has 50 heavy (non-hydrogen) atoms. The highest BCUT2D eigenvalue weighted by Crippen LogP contribution is 2.50. The molecule has 1 aliphatic heterocycles. The number of aryl methyl sites for hydroxylation is 2. The van der Waals surface area contributed by atoms with Crippen LogP contribution in [0.25, 0.3) is 11.0 Å². The van der Waals surface area contributed by atoms with Crippen LogP contribution in [0, 0.1) is 0 Å². The van der Waals surface area contributed by atoms with Gasteiger partial charge in [0, 0.05) is 61.7 Å². The lowest BCUT2D eigenvalue weighted by Gasteiger charge is -2.39. The third-order valence-corrected chi connectivity index (χ3v) is 10.1. The molecule has 2 unspecified atom stereocenters. The SMILES string of the molecule is COc1cc2nc(CCn3c(=O)n4n(c3=O)C3CC5=C(C(=O)C=C(Br)C5=O)C(c5ccc(OCCO)cc5)C3=CC4)c(=O)n(C)c2cc1OC. The van der Waals surface area contributed by atoms with Crippen LogP contribution in [-0.2, 0) is 36.1 Å². The van der Waals surface area contributed by atoms with E-state index in [-0.39, 0.29) is 72.0 Å². The largest absolute Gasteiger partial charge is 0.493 e. The molecule has 3 aliphatic rings. The Labute approximate surface area is 292 Å². The van der Waals surface area contributed by atoms with E-state index < -0.39 is 23.3 Å². The molecule has 2 aromatic heterocycles. The summed E-state index contributed by atoms with van der Waals surface area (Å²) in [6, 6.07) is 9.59. The first-order chi connectivity index (χ1) is 24.1. The maximum atomic E-state index is 14.1. The lowest BCUT2D eigenvalue weighted by Crippen LogP contribution is -2.40. The molecule has 2 aromatic carbocycles. The van der Waals surface area contributed by atoms with Crippen LogP contribution in [-0.4, -0.2) is 67.6 Å². The van der Waals surface area contributed by atoms with Crippen molar-refractivity contribution in [3.05, 3.63) is 112 Å². The number of aliphatic hydroxyl groups is 1. The number of nitrogens with zero attached hydrogens (tertiary/aromatic N) is 5. The Kier molecular flexibility index (Phi) is 8.56. The van der Waals surface area contributed by atoms with Crippen molar-refractivity contribution in [2.24, 2.45) is 7.05 Å². The van der Waals surface area contributed by atoms with Crippen LogP contribution in [0.15, 0.2) is 84.1 Å². The molecule has 15 heteroatoms. The minimum Gasteiger partial charge on any atom is -0.493 e. The van der Waals surface area contributed by atoms with Crippen molar-refractivity contribution in [3.8, 4) is 17.2 Å². The standard InChI is InChI=1S/C35H32BrN5O9/c1-38-26-17-29(49-3)28(48-2)16-24(26)37-23(33(38)45)9-10-39-34(46)40-11-8-20-25(41(40)35(39)47)14-21-31(27(43)15-22(36)32(21)44)30(20)18-4-6-19(7-5-18)50-13-12-42/h4-8,15-17,25,30,42H,9-14H2,1-3H3. The molecule has 258 valence electrons. The van der Waals surface area contributed by atoms with Crippen molar-refractivity contribution >= 4 is 38.5 Å². The van der Waals surface area contributed by atoms with Gasteiger partial charge in [-0.2, -0.15) is 0 Å². The zero-order valence-electron chi connectivity index (χ0n) is 27.3. The maximum Gasteiger partial charge on any atom is 0.347 e. The topological polar surface area (TPSA) is 166 Å². The third-order valence-electron chi connectivity index (χ3n) is 9.47. The number of carbonyl (C=O) groups excluding carboxylic acids is 2. The minimum absolute atomic E-state index is 0.00553. The number of hydrogen-bond donors (Lipinski definition) is 1. The number of methoxy groups -OCH3 is 2. The number of hydrogen-bond acceptors (Lipinski definition) is 10. The molecule has 7 rings (SSSR count). The minimum atomic E-state index is -0.733. The van der Waals surface area contributed by atoms with Gasteiger partial charge in [0.2, 0.25) is 0 Å². The van der Waals surface area contributed by atoms with Crippen molar-refractivity contribution < 1.29 is 28.9 Å². The highest BCUT2D eigenvalue weighted by Gasteiger charge is 2.45. The second-order valence-corrected chi connectivity index (χ2v) is 12.9. The molecule has 1 N–H and O–H groups in total. The van der Waals surface area contributed by atoms with Gasteiger partial charge >= 0.3 is 11.4 Å². The molecule has 0 bridgehead atoms. The first-order valence-corrected chi connectivity index (χ1v) is 16.6. The molecule has 0 saturated heterocycles. The number of ketones is 2. The van der Waals surface area contributed by atoms with Crippen LogP contribution in [0.1, 0.15) is 29.6 Å². The Hall–Kier alpha value is -5.28. The van der Waals surface area contributed by atoms with Gasteiger partial charge < -0.3 is 23.9 Å². The van der Waals surface area contributed by atoms with Crippen LogP contribution >= 0.6 is 15.9 Å². The summed E-state index contributed by atoms with van der Waals surface area (Å²) < 4.78 is 21.6. The Bertz CT molecular complexity index is 2380. The number of fused-ring (bicyclic) bond motifs is 4. The normalized spacial score (nSPS) is 18.3. The summed E-state index contributed by atoms with van der Waals surface area (Å²) >= 11 is 3.23. The molecule has 4 aromatic rings. The second-order valence-electron chi connectivity index (χ2n) is 12.1. The van der Waals surface area contributed by atoms with Crippen LogP contribution in [0.4, 0.5) is 0 Å². The summed E-state index contributed by atoms with van der Waals surface area (Å²) in [5.41, 5.74) is 1.64. The number of carbonyl (C=O) groups is 2. The molecule has 3 heterocycles. The summed E-state index contributed by atoms with van der Waals surface area (Å²) in [4.78, 5) is 72.7. The van der Waals surface area contributed by atoms with E-state index in [1.807, 2.05) is 6.08 Å². The van der Waals surface area contributed by atoms with Crippen molar-refractivity contribution in [2.75, 3.05) is 27.4 Å². The van der Waals surface area contributed by atoms with Gasteiger partial charge in [-0.25, -0.2) is 28.5 Å². The number of Topliss-reactive ketones (excluding diaryl/α,β-unsaturated/α-hetero) is 1. The highest BCUT2D eigenvalue weighted by molar-refractivity contribution is 9.12. The lowest BCUT2D eigenvalue weighted by atomic mass is 9.69. The van der Waals surface area contributed by atoms with Crippen LogP contribution in [0.3, 0.4) is 0 Å². The van der Waals surface area contributed by atoms with Crippen LogP contribution < -0.4 is 31.1 Å². The summed E-state index contributed by atoms with van der Waals surface area (Å²) in [5.74, 6) is 0.0634. The zero-order chi connectivity index (χ0) is 35.4.